The molecule has 20 heavy (non-hydrogen) atoms. The van der Waals surface area contributed by atoms with Gasteiger partial charge in [0.1, 0.15) is 10.4 Å². The zero-order valence-corrected chi connectivity index (χ0v) is 12.1. The van der Waals surface area contributed by atoms with Crippen molar-refractivity contribution in [1.82, 2.24) is 15.2 Å². The van der Waals surface area contributed by atoms with Crippen molar-refractivity contribution < 1.29 is 14.4 Å². The molecular weight excluding hydrogens is 278 g/mol. The number of carbonyl (C=O) groups is 3. The second kappa shape index (κ2) is 4.12. The number of nitrogens with one attached hydrogen (secondary N) is 1. The van der Waals surface area contributed by atoms with Gasteiger partial charge in [-0.2, -0.15) is 0 Å². The Balaban J connectivity index is 2.02. The average molecular weight is 293 g/mol. The zero-order valence-electron chi connectivity index (χ0n) is 11.3. The van der Waals surface area contributed by atoms with Crippen molar-refractivity contribution in [3.8, 4) is 0 Å². The van der Waals surface area contributed by atoms with Crippen LogP contribution in [0.3, 0.4) is 0 Å². The van der Waals surface area contributed by atoms with Crippen molar-refractivity contribution in [2.24, 2.45) is 5.41 Å². The van der Waals surface area contributed by atoms with E-state index in [1.807, 2.05) is 0 Å². The van der Waals surface area contributed by atoms with Gasteiger partial charge in [-0.25, -0.2) is 9.78 Å². The smallest absolute Gasteiger partial charge is 0.277 e. The number of aromatic nitrogens is 1. The van der Waals surface area contributed by atoms with E-state index in [2.05, 4.69) is 10.3 Å². The number of imide groups is 2. The summed E-state index contributed by atoms with van der Waals surface area (Å²) in [5.74, 6) is -0.845. The highest BCUT2D eigenvalue weighted by Gasteiger charge is 2.60. The highest BCUT2D eigenvalue weighted by molar-refractivity contribution is 7.09. The van der Waals surface area contributed by atoms with Crippen LogP contribution in [0.4, 0.5) is 4.79 Å². The van der Waals surface area contributed by atoms with Crippen LogP contribution in [0.1, 0.15) is 38.1 Å². The molecule has 1 N–H and O–H groups in total. The van der Waals surface area contributed by atoms with Crippen molar-refractivity contribution in [3.05, 3.63) is 16.6 Å². The van der Waals surface area contributed by atoms with E-state index < -0.39 is 28.8 Å². The molecule has 2 fully saturated rings. The van der Waals surface area contributed by atoms with E-state index in [0.29, 0.717) is 17.8 Å². The Morgan fingerprint density at radius 3 is 2.55 bits per heavy atom. The summed E-state index contributed by atoms with van der Waals surface area (Å²) in [4.78, 5) is 42.2. The molecule has 0 unspecified atom stereocenters. The molecule has 1 spiro atoms. The van der Waals surface area contributed by atoms with Crippen LogP contribution in [0.5, 0.6) is 0 Å². The Morgan fingerprint density at radius 1 is 1.35 bits per heavy atom. The minimum Gasteiger partial charge on any atom is -0.277 e. The third-order valence-corrected chi connectivity index (χ3v) is 5.28. The number of hydrogen-bond acceptors (Lipinski definition) is 5. The van der Waals surface area contributed by atoms with E-state index in [-0.39, 0.29) is 0 Å². The topological polar surface area (TPSA) is 79.4 Å². The summed E-state index contributed by atoms with van der Waals surface area (Å²) in [5, 5.41) is 4.80. The van der Waals surface area contributed by atoms with Gasteiger partial charge in [-0.1, -0.05) is 6.42 Å². The van der Waals surface area contributed by atoms with Crippen LogP contribution in [-0.4, -0.2) is 27.7 Å². The molecule has 0 bridgehead atoms. The Morgan fingerprint density at radius 2 is 2.05 bits per heavy atom. The Kier molecular flexibility index (Phi) is 2.72. The number of hydrogen-bond donors (Lipinski definition) is 1. The molecule has 0 atom stereocenters. The normalized spacial score (nSPS) is 21.9. The monoisotopic (exact) mass is 293 g/mol. The minimum atomic E-state index is -1.04. The number of urea groups is 1. The van der Waals surface area contributed by atoms with E-state index in [4.69, 9.17) is 0 Å². The number of nitrogens with zero attached hydrogens (tertiary/aromatic N) is 2. The first kappa shape index (κ1) is 13.2. The summed E-state index contributed by atoms with van der Waals surface area (Å²) < 4.78 is 0. The number of barbiturate groups is 1. The molecule has 4 amide bonds. The maximum Gasteiger partial charge on any atom is 0.331 e. The third kappa shape index (κ3) is 1.56. The first-order valence-electron chi connectivity index (χ1n) is 6.50. The standard InChI is InChI=1S/C13H15N3O3S/c1-12(2,9-14-6-7-20-9)16-10(18)13(4-3-5-13)8(17)15-11(16)19/h6-7H,3-5H2,1-2H3,(H,15,17,19). The van der Waals surface area contributed by atoms with Crippen molar-refractivity contribution >= 4 is 29.2 Å². The van der Waals surface area contributed by atoms with Gasteiger partial charge in [-0.3, -0.25) is 19.8 Å². The van der Waals surface area contributed by atoms with Gasteiger partial charge in [0.05, 0.1) is 5.54 Å². The fraction of sp³-hybridized carbons (Fsp3) is 0.538. The number of thiazole rings is 1. The molecule has 1 saturated heterocycles. The van der Waals surface area contributed by atoms with Gasteiger partial charge in [0.15, 0.2) is 0 Å². The van der Waals surface area contributed by atoms with Gasteiger partial charge in [0, 0.05) is 11.6 Å². The van der Waals surface area contributed by atoms with Gasteiger partial charge in [-0.15, -0.1) is 11.3 Å². The summed E-state index contributed by atoms with van der Waals surface area (Å²) in [7, 11) is 0. The third-order valence-electron chi connectivity index (χ3n) is 4.19. The Labute approximate surface area is 120 Å². The van der Waals surface area contributed by atoms with Gasteiger partial charge in [0.2, 0.25) is 11.8 Å². The molecule has 1 aromatic heterocycles. The predicted molar refractivity (Wildman–Crippen MR) is 71.8 cm³/mol. The molecule has 6 nitrogen and oxygen atoms in total. The second-order valence-corrected chi connectivity index (χ2v) is 6.63. The van der Waals surface area contributed by atoms with E-state index in [9.17, 15) is 14.4 Å². The van der Waals surface area contributed by atoms with Crippen LogP contribution in [0.25, 0.3) is 0 Å². The molecule has 106 valence electrons. The number of rotatable bonds is 2. The van der Waals surface area contributed by atoms with Crippen molar-refractivity contribution in [2.45, 2.75) is 38.6 Å². The molecule has 2 heterocycles. The first-order chi connectivity index (χ1) is 9.39. The second-order valence-electron chi connectivity index (χ2n) is 5.73. The predicted octanol–water partition coefficient (Wildman–Crippen LogP) is 1.63. The highest BCUT2D eigenvalue weighted by atomic mass is 32.1. The zero-order chi connectivity index (χ0) is 14.5. The maximum atomic E-state index is 12.7. The summed E-state index contributed by atoms with van der Waals surface area (Å²) in [5.41, 5.74) is -1.90. The lowest BCUT2D eigenvalue weighted by atomic mass is 9.66. The van der Waals surface area contributed by atoms with Gasteiger partial charge in [-0.05, 0) is 26.7 Å². The lowest BCUT2D eigenvalue weighted by Crippen LogP contribution is -2.69. The first-order valence-corrected chi connectivity index (χ1v) is 7.37. The quantitative estimate of drug-likeness (QED) is 0.840. The molecule has 2 aliphatic rings. The summed E-state index contributed by atoms with van der Waals surface area (Å²) in [6.07, 6.45) is 3.49. The van der Waals surface area contributed by atoms with Gasteiger partial charge in [0.25, 0.3) is 0 Å². The Bertz CT molecular complexity index is 590. The molecule has 7 heteroatoms. The van der Waals surface area contributed by atoms with Crippen molar-refractivity contribution in [3.63, 3.8) is 0 Å². The largest absolute Gasteiger partial charge is 0.331 e. The minimum absolute atomic E-state index is 0.391. The molecule has 1 aromatic rings. The lowest BCUT2D eigenvalue weighted by Gasteiger charge is -2.48. The van der Waals surface area contributed by atoms with E-state index >= 15 is 0 Å². The fourth-order valence-corrected chi connectivity index (χ4v) is 3.53. The summed E-state index contributed by atoms with van der Waals surface area (Å²) in [6, 6.07) is -0.655. The van der Waals surface area contributed by atoms with Crippen molar-refractivity contribution in [1.29, 1.82) is 0 Å². The van der Waals surface area contributed by atoms with Crippen LogP contribution >= 0.6 is 11.3 Å². The van der Waals surface area contributed by atoms with Gasteiger partial charge >= 0.3 is 6.03 Å². The maximum absolute atomic E-state index is 12.7. The van der Waals surface area contributed by atoms with Crippen LogP contribution in [0.2, 0.25) is 0 Å². The molecule has 1 saturated carbocycles. The molecule has 0 radical (unpaired) electrons. The fourth-order valence-electron chi connectivity index (χ4n) is 2.78. The van der Waals surface area contributed by atoms with Crippen LogP contribution in [-0.2, 0) is 15.1 Å². The number of carbonyl (C=O) groups excluding carboxylic acids is 3. The molecule has 1 aliphatic carbocycles. The van der Waals surface area contributed by atoms with Crippen molar-refractivity contribution in [2.75, 3.05) is 0 Å². The lowest BCUT2D eigenvalue weighted by molar-refractivity contribution is -0.161. The van der Waals surface area contributed by atoms with Crippen LogP contribution < -0.4 is 5.32 Å². The van der Waals surface area contributed by atoms with Crippen LogP contribution in [0, 0.1) is 5.41 Å². The number of amides is 4. The average Bonchev–Trinajstić information content (AvgIpc) is 2.79. The molecule has 0 aromatic carbocycles. The molecule has 1 aliphatic heterocycles. The molecular formula is C13H15N3O3S. The van der Waals surface area contributed by atoms with Crippen LogP contribution in [0.15, 0.2) is 11.6 Å². The van der Waals surface area contributed by atoms with E-state index in [0.717, 1.165) is 11.3 Å². The summed E-state index contributed by atoms with van der Waals surface area (Å²) >= 11 is 1.38. The van der Waals surface area contributed by atoms with E-state index in [1.165, 1.54) is 11.3 Å². The highest BCUT2D eigenvalue weighted by Crippen LogP contribution is 2.47. The Hall–Kier alpha value is -1.76. The summed E-state index contributed by atoms with van der Waals surface area (Å²) in [6.45, 7) is 3.54. The molecule has 3 rings (SSSR count). The van der Waals surface area contributed by atoms with Gasteiger partial charge < -0.3 is 0 Å². The van der Waals surface area contributed by atoms with E-state index in [1.54, 1.807) is 25.4 Å². The SMILES string of the molecule is CC(C)(c1nccs1)N1C(=O)NC(=O)C2(CCC2)C1=O.